The summed E-state index contributed by atoms with van der Waals surface area (Å²) in [5.74, 6) is -2.15. The largest absolute Gasteiger partial charge is 0.534 e. The van der Waals surface area contributed by atoms with Gasteiger partial charge in [0.05, 0.1) is 38.8 Å². The number of nitrogens with zero attached hydrogens (tertiary/aromatic N) is 1. The van der Waals surface area contributed by atoms with Crippen LogP contribution in [0.2, 0.25) is 0 Å². The molecule has 57 heavy (non-hydrogen) atoms. The summed E-state index contributed by atoms with van der Waals surface area (Å²) in [5, 5.41) is 0.608. The molecule has 0 aliphatic heterocycles. The van der Waals surface area contributed by atoms with Crippen molar-refractivity contribution in [3.8, 4) is 11.5 Å². The molecule has 2 aromatic rings. The second-order valence-electron chi connectivity index (χ2n) is 14.4. The van der Waals surface area contributed by atoms with Gasteiger partial charge in [-0.05, 0) is 97.2 Å². The molecular formula is C39H54NO16P. The predicted molar refractivity (Wildman–Crippen MR) is 203 cm³/mol. The molecule has 0 heterocycles. The topological polar surface area (TPSA) is 206 Å². The predicted octanol–water partition coefficient (Wildman–Crippen LogP) is 7.95. The van der Waals surface area contributed by atoms with Crippen LogP contribution in [0.1, 0.15) is 112 Å². The van der Waals surface area contributed by atoms with Gasteiger partial charge in [-0.1, -0.05) is 24.3 Å². The highest BCUT2D eigenvalue weighted by Crippen LogP contribution is 2.57. The fourth-order valence-electron chi connectivity index (χ4n) is 4.78. The van der Waals surface area contributed by atoms with Crippen LogP contribution in [-0.2, 0) is 56.6 Å². The summed E-state index contributed by atoms with van der Waals surface area (Å²) in [6, 6.07) is 11.8. The van der Waals surface area contributed by atoms with Crippen LogP contribution in [-0.4, -0.2) is 78.3 Å². The lowest BCUT2D eigenvalue weighted by molar-refractivity contribution is -0.145. The first-order valence-electron chi connectivity index (χ1n) is 18.3. The molecule has 0 radical (unpaired) electrons. The van der Waals surface area contributed by atoms with Crippen molar-refractivity contribution in [2.45, 2.75) is 112 Å². The molecule has 2 atom stereocenters. The van der Waals surface area contributed by atoms with Gasteiger partial charge in [0.15, 0.2) is 0 Å². The number of carbonyl (C=O) groups is 6. The maximum absolute atomic E-state index is 15.1. The highest BCUT2D eigenvalue weighted by Gasteiger charge is 2.37. The second-order valence-corrected chi connectivity index (χ2v) is 16.4. The Morgan fingerprint density at radius 1 is 0.649 bits per heavy atom. The van der Waals surface area contributed by atoms with E-state index in [-0.39, 0.29) is 31.1 Å². The van der Waals surface area contributed by atoms with Crippen LogP contribution in [0, 0.1) is 0 Å². The molecule has 18 heteroatoms. The van der Waals surface area contributed by atoms with Crippen molar-refractivity contribution < 1.29 is 75.6 Å². The zero-order valence-electron chi connectivity index (χ0n) is 34.1. The van der Waals surface area contributed by atoms with Crippen molar-refractivity contribution in [3.63, 3.8) is 0 Å². The fourth-order valence-corrected chi connectivity index (χ4v) is 6.74. The summed E-state index contributed by atoms with van der Waals surface area (Å²) in [5.41, 5.74) is -1.33. The zero-order chi connectivity index (χ0) is 43.0. The van der Waals surface area contributed by atoms with E-state index in [1.54, 1.807) is 55.4 Å². The van der Waals surface area contributed by atoms with E-state index in [9.17, 15) is 28.8 Å². The van der Waals surface area contributed by atoms with Crippen LogP contribution in [0.25, 0.3) is 0 Å². The van der Waals surface area contributed by atoms with Crippen molar-refractivity contribution in [1.82, 2.24) is 5.06 Å². The lowest BCUT2D eigenvalue weighted by atomic mass is 10.1. The molecule has 1 amide bonds. The Bertz CT molecular complexity index is 1620. The molecule has 0 N–H and O–H groups in total. The molecule has 0 saturated heterocycles. The first kappa shape index (κ1) is 48.2. The Kier molecular flexibility index (Phi) is 18.7. The van der Waals surface area contributed by atoms with Gasteiger partial charge in [-0.2, -0.15) is 0 Å². The van der Waals surface area contributed by atoms with E-state index in [4.69, 9.17) is 42.3 Å². The number of ether oxygens (including phenoxy) is 6. The van der Waals surface area contributed by atoms with E-state index in [2.05, 4.69) is 0 Å². The number of hydrogen-bond donors (Lipinski definition) is 0. The van der Waals surface area contributed by atoms with Crippen molar-refractivity contribution in [2.75, 3.05) is 25.9 Å². The van der Waals surface area contributed by atoms with Crippen LogP contribution in [0.5, 0.6) is 11.5 Å². The van der Waals surface area contributed by atoms with Crippen LogP contribution >= 0.6 is 7.60 Å². The minimum Gasteiger partial charge on any atom is -0.466 e. The second kappa shape index (κ2) is 22.1. The molecule has 0 fully saturated rings. The van der Waals surface area contributed by atoms with Crippen molar-refractivity contribution >= 4 is 43.7 Å². The summed E-state index contributed by atoms with van der Waals surface area (Å²) in [7, 11) is -4.51. The molecule has 17 nitrogen and oxygen atoms in total. The zero-order valence-corrected chi connectivity index (χ0v) is 35.0. The minimum atomic E-state index is -4.51. The molecule has 0 aliphatic carbocycles. The number of esters is 4. The van der Waals surface area contributed by atoms with Gasteiger partial charge in [-0.25, -0.2) is 9.59 Å². The molecule has 316 valence electrons. The molecule has 2 aromatic carbocycles. The van der Waals surface area contributed by atoms with Gasteiger partial charge in [0.25, 0.3) is 0 Å². The Labute approximate surface area is 333 Å². The smallest absolute Gasteiger partial charge is 0.466 e. The van der Waals surface area contributed by atoms with Crippen LogP contribution < -0.4 is 9.47 Å². The molecular weight excluding hydrogens is 769 g/mol. The van der Waals surface area contributed by atoms with Crippen molar-refractivity contribution in [3.05, 3.63) is 59.7 Å². The standard InChI is InChI=1S/C39H54NO16P/c1-11-48-34(43)24-32(28-14-18-30(19-15-28)50-26(3)41)55-57(47,23-13-22-40(36(45)52-38(5,6)7)54-37(46)53-39(8,9)10)56-33(25-35(44)49-12-2)29-16-20-31(21-17-29)51-27(4)42/h14-21,32-33H,11-13,22-25H2,1-10H3. The Hall–Kier alpha value is -4.99. The summed E-state index contributed by atoms with van der Waals surface area (Å²) in [4.78, 5) is 79.8. The average Bonchev–Trinajstić information content (AvgIpc) is 3.06. The SMILES string of the molecule is CCOC(=O)CC(OP(=O)(CCCN(OC(=O)OC(C)(C)C)C(=O)OC(C)(C)C)OC(CC(=O)OCC)c1ccc(OC(C)=O)cc1)c1ccc(OC(C)=O)cc1. The molecule has 0 spiro atoms. The van der Waals surface area contributed by atoms with Crippen molar-refractivity contribution in [2.24, 2.45) is 0 Å². The van der Waals surface area contributed by atoms with Gasteiger partial charge < -0.3 is 33.3 Å². The van der Waals surface area contributed by atoms with Crippen LogP contribution in [0.3, 0.4) is 0 Å². The summed E-state index contributed by atoms with van der Waals surface area (Å²) < 4.78 is 58.8. The average molecular weight is 824 g/mol. The monoisotopic (exact) mass is 823 g/mol. The lowest BCUT2D eigenvalue weighted by Crippen LogP contribution is -2.40. The summed E-state index contributed by atoms with van der Waals surface area (Å²) >= 11 is 0. The Morgan fingerprint density at radius 2 is 1.05 bits per heavy atom. The quantitative estimate of drug-likeness (QED) is 0.0460. The third-order valence-corrected chi connectivity index (χ3v) is 8.90. The summed E-state index contributed by atoms with van der Waals surface area (Å²) in [6.45, 7) is 15.0. The lowest BCUT2D eigenvalue weighted by Gasteiger charge is -2.30. The summed E-state index contributed by atoms with van der Waals surface area (Å²) in [6.07, 6.45) is -6.40. The van der Waals surface area contributed by atoms with Crippen LogP contribution in [0.15, 0.2) is 48.5 Å². The fraction of sp³-hybridized carbons (Fsp3) is 0.538. The van der Waals surface area contributed by atoms with E-state index in [1.807, 2.05) is 0 Å². The third-order valence-electron chi connectivity index (χ3n) is 6.88. The maximum atomic E-state index is 15.1. The normalized spacial score (nSPS) is 13.5. The van der Waals surface area contributed by atoms with Gasteiger partial charge in [-0.15, -0.1) is 5.06 Å². The van der Waals surface area contributed by atoms with Crippen LogP contribution in [0.4, 0.5) is 9.59 Å². The third kappa shape index (κ3) is 19.1. The van der Waals surface area contributed by atoms with E-state index in [1.165, 1.54) is 62.4 Å². The van der Waals surface area contributed by atoms with E-state index >= 15 is 4.57 Å². The van der Waals surface area contributed by atoms with Crippen molar-refractivity contribution in [1.29, 1.82) is 0 Å². The van der Waals surface area contributed by atoms with Gasteiger partial charge in [-0.3, -0.25) is 32.8 Å². The highest BCUT2D eigenvalue weighted by atomic mass is 31.2. The number of benzene rings is 2. The number of amides is 1. The highest BCUT2D eigenvalue weighted by molar-refractivity contribution is 7.53. The molecule has 2 unspecified atom stereocenters. The molecule has 0 bridgehead atoms. The number of carbonyl (C=O) groups excluding carboxylic acids is 6. The molecule has 2 rings (SSSR count). The van der Waals surface area contributed by atoms with Gasteiger partial charge in [0, 0.05) is 13.8 Å². The Morgan fingerprint density at radius 3 is 1.40 bits per heavy atom. The Balaban J connectivity index is 2.64. The van der Waals surface area contributed by atoms with Gasteiger partial charge >= 0.3 is 43.7 Å². The van der Waals surface area contributed by atoms with Gasteiger partial charge in [0.2, 0.25) is 0 Å². The molecule has 0 aromatic heterocycles. The van der Waals surface area contributed by atoms with E-state index < -0.39 is 92.7 Å². The van der Waals surface area contributed by atoms with Gasteiger partial charge in [0.1, 0.15) is 34.9 Å². The number of hydrogen-bond acceptors (Lipinski definition) is 16. The maximum Gasteiger partial charge on any atom is 0.534 e. The number of hydroxylamine groups is 2. The molecule has 0 aliphatic rings. The minimum absolute atomic E-state index is 0.0359. The van der Waals surface area contributed by atoms with E-state index in [0.29, 0.717) is 16.2 Å². The first-order chi connectivity index (χ1) is 26.5. The number of rotatable bonds is 18. The molecule has 0 saturated carbocycles. The van der Waals surface area contributed by atoms with E-state index in [0.717, 1.165) is 0 Å². The first-order valence-corrected chi connectivity index (χ1v) is 20.0.